The lowest BCUT2D eigenvalue weighted by Crippen LogP contribution is -2.52. The summed E-state index contributed by atoms with van der Waals surface area (Å²) in [5, 5.41) is 12.1. The van der Waals surface area contributed by atoms with Gasteiger partial charge in [-0.3, -0.25) is 0 Å². The van der Waals surface area contributed by atoms with Gasteiger partial charge in [-0.1, -0.05) is 18.2 Å². The number of likely N-dealkylation sites (tertiary alicyclic amines) is 1. The van der Waals surface area contributed by atoms with Crippen LogP contribution in [0.4, 0.5) is 4.79 Å². The summed E-state index contributed by atoms with van der Waals surface area (Å²) in [4.78, 5) is 25.1. The molecule has 1 saturated heterocycles. The summed E-state index contributed by atoms with van der Waals surface area (Å²) < 4.78 is 5.52. The number of benzene rings is 1. The molecule has 3 rings (SSSR count). The standard InChI is InChI=1S/C15H18N2O4/c18-14(19)12-6-3-4-8-17(12)15(20)16-11-9-21-13-7-2-1-5-10(11)13/h1-2,5,7,11-12H,3-4,6,8-9H2,(H,16,20)(H,18,19). The number of carboxylic acid groups (broad SMARTS) is 1. The van der Waals surface area contributed by atoms with Crippen molar-refractivity contribution in [2.45, 2.75) is 31.3 Å². The predicted octanol–water partition coefficient (Wildman–Crippen LogP) is 1.77. The van der Waals surface area contributed by atoms with Crippen LogP contribution in [0, 0.1) is 0 Å². The van der Waals surface area contributed by atoms with Gasteiger partial charge in [0.15, 0.2) is 0 Å². The van der Waals surface area contributed by atoms with E-state index in [9.17, 15) is 14.7 Å². The van der Waals surface area contributed by atoms with Gasteiger partial charge in [-0.15, -0.1) is 0 Å². The Morgan fingerprint density at radius 1 is 1.29 bits per heavy atom. The normalized spacial score (nSPS) is 24.1. The molecule has 6 heteroatoms. The van der Waals surface area contributed by atoms with Crippen molar-refractivity contribution in [3.05, 3.63) is 29.8 Å². The summed E-state index contributed by atoms with van der Waals surface area (Å²) in [6.07, 6.45) is 2.20. The molecular weight excluding hydrogens is 272 g/mol. The van der Waals surface area contributed by atoms with E-state index in [4.69, 9.17) is 4.74 Å². The van der Waals surface area contributed by atoms with Crippen molar-refractivity contribution in [1.29, 1.82) is 0 Å². The largest absolute Gasteiger partial charge is 0.491 e. The van der Waals surface area contributed by atoms with E-state index in [1.807, 2.05) is 24.3 Å². The van der Waals surface area contributed by atoms with Gasteiger partial charge in [0.1, 0.15) is 18.4 Å². The van der Waals surface area contributed by atoms with Gasteiger partial charge < -0.3 is 20.1 Å². The summed E-state index contributed by atoms with van der Waals surface area (Å²) in [5.41, 5.74) is 0.940. The molecule has 0 bridgehead atoms. The number of urea groups is 1. The first-order valence-corrected chi connectivity index (χ1v) is 7.18. The third-order valence-electron chi connectivity index (χ3n) is 4.05. The number of carbonyl (C=O) groups excluding carboxylic acids is 1. The summed E-state index contributed by atoms with van der Waals surface area (Å²) >= 11 is 0. The number of carbonyl (C=O) groups is 2. The van der Waals surface area contributed by atoms with E-state index in [1.165, 1.54) is 4.90 Å². The number of fused-ring (bicyclic) bond motifs is 1. The fraction of sp³-hybridized carbons (Fsp3) is 0.467. The zero-order valence-corrected chi connectivity index (χ0v) is 11.6. The quantitative estimate of drug-likeness (QED) is 0.870. The molecular formula is C15H18N2O4. The van der Waals surface area contributed by atoms with Crippen LogP contribution in [-0.2, 0) is 4.79 Å². The number of carboxylic acids is 1. The van der Waals surface area contributed by atoms with Crippen molar-refractivity contribution in [3.63, 3.8) is 0 Å². The molecule has 1 aromatic carbocycles. The van der Waals surface area contributed by atoms with Crippen molar-refractivity contribution in [2.75, 3.05) is 13.2 Å². The van der Waals surface area contributed by atoms with E-state index in [-0.39, 0.29) is 12.1 Å². The highest BCUT2D eigenvalue weighted by Gasteiger charge is 2.34. The lowest BCUT2D eigenvalue weighted by Gasteiger charge is -2.33. The Bertz CT molecular complexity index is 560. The number of nitrogens with zero attached hydrogens (tertiary/aromatic N) is 1. The van der Waals surface area contributed by atoms with Crippen molar-refractivity contribution < 1.29 is 19.4 Å². The lowest BCUT2D eigenvalue weighted by molar-refractivity contribution is -0.143. The first-order valence-electron chi connectivity index (χ1n) is 7.18. The minimum atomic E-state index is -0.937. The third kappa shape index (κ3) is 2.66. The molecule has 2 unspecified atom stereocenters. The monoisotopic (exact) mass is 290 g/mol. The molecule has 2 N–H and O–H groups in total. The smallest absolute Gasteiger partial charge is 0.326 e. The number of hydrogen-bond acceptors (Lipinski definition) is 3. The maximum absolute atomic E-state index is 12.4. The number of rotatable bonds is 2. The summed E-state index contributed by atoms with van der Waals surface area (Å²) in [7, 11) is 0. The van der Waals surface area contributed by atoms with Crippen LogP contribution in [0.5, 0.6) is 5.75 Å². The third-order valence-corrected chi connectivity index (χ3v) is 4.05. The van der Waals surface area contributed by atoms with E-state index in [0.29, 0.717) is 19.6 Å². The van der Waals surface area contributed by atoms with Gasteiger partial charge in [0.2, 0.25) is 0 Å². The molecule has 112 valence electrons. The predicted molar refractivity (Wildman–Crippen MR) is 75.2 cm³/mol. The molecule has 0 saturated carbocycles. The summed E-state index contributed by atoms with van der Waals surface area (Å²) in [6, 6.07) is 6.29. The second kappa shape index (κ2) is 5.63. The fourth-order valence-corrected chi connectivity index (χ4v) is 2.95. The Morgan fingerprint density at radius 2 is 2.10 bits per heavy atom. The Kier molecular flexibility index (Phi) is 3.68. The molecule has 21 heavy (non-hydrogen) atoms. The molecule has 1 aromatic rings. The van der Waals surface area contributed by atoms with Crippen molar-refractivity contribution in [1.82, 2.24) is 10.2 Å². The van der Waals surface area contributed by atoms with Crippen LogP contribution < -0.4 is 10.1 Å². The number of para-hydroxylation sites is 1. The highest BCUT2D eigenvalue weighted by Crippen LogP contribution is 2.32. The first kappa shape index (κ1) is 13.7. The number of piperidine rings is 1. The lowest BCUT2D eigenvalue weighted by atomic mass is 10.0. The zero-order valence-electron chi connectivity index (χ0n) is 11.6. The number of aliphatic carboxylic acids is 1. The molecule has 2 heterocycles. The Labute approximate surface area is 122 Å². The van der Waals surface area contributed by atoms with Gasteiger partial charge in [-0.2, -0.15) is 0 Å². The molecule has 2 atom stereocenters. The van der Waals surface area contributed by atoms with Crippen LogP contribution in [0.25, 0.3) is 0 Å². The van der Waals surface area contributed by atoms with Gasteiger partial charge in [-0.05, 0) is 25.3 Å². The van der Waals surface area contributed by atoms with Gasteiger partial charge in [0, 0.05) is 12.1 Å². The molecule has 6 nitrogen and oxygen atoms in total. The zero-order chi connectivity index (χ0) is 14.8. The number of hydrogen-bond donors (Lipinski definition) is 2. The van der Waals surface area contributed by atoms with Crippen LogP contribution in [0.15, 0.2) is 24.3 Å². The average Bonchev–Trinajstić information content (AvgIpc) is 2.90. The van der Waals surface area contributed by atoms with E-state index < -0.39 is 12.0 Å². The highest BCUT2D eigenvalue weighted by molar-refractivity contribution is 5.83. The van der Waals surface area contributed by atoms with Crippen molar-refractivity contribution in [2.24, 2.45) is 0 Å². The summed E-state index contributed by atoms with van der Waals surface area (Å²) in [6.45, 7) is 0.870. The van der Waals surface area contributed by atoms with Crippen LogP contribution in [0.3, 0.4) is 0 Å². The molecule has 0 aromatic heterocycles. The minimum absolute atomic E-state index is 0.218. The molecule has 0 aliphatic carbocycles. The van der Waals surface area contributed by atoms with Gasteiger partial charge in [0.05, 0.1) is 6.04 Å². The topological polar surface area (TPSA) is 78.9 Å². The SMILES string of the molecule is O=C(O)C1CCCCN1C(=O)NC1COc2ccccc21. The molecule has 2 aliphatic heterocycles. The second-order valence-corrected chi connectivity index (χ2v) is 5.39. The van der Waals surface area contributed by atoms with E-state index in [0.717, 1.165) is 24.2 Å². The minimum Gasteiger partial charge on any atom is -0.491 e. The molecule has 2 amide bonds. The molecule has 1 fully saturated rings. The number of ether oxygens (including phenoxy) is 1. The Balaban J connectivity index is 1.70. The highest BCUT2D eigenvalue weighted by atomic mass is 16.5. The first-order chi connectivity index (χ1) is 10.2. The fourth-order valence-electron chi connectivity index (χ4n) is 2.95. The number of nitrogens with one attached hydrogen (secondary N) is 1. The van der Waals surface area contributed by atoms with E-state index in [2.05, 4.69) is 5.32 Å². The van der Waals surface area contributed by atoms with Crippen LogP contribution in [-0.4, -0.2) is 41.2 Å². The molecule has 0 spiro atoms. The van der Waals surface area contributed by atoms with E-state index in [1.54, 1.807) is 0 Å². The second-order valence-electron chi connectivity index (χ2n) is 5.39. The summed E-state index contributed by atoms with van der Waals surface area (Å²) in [5.74, 6) is -0.163. The van der Waals surface area contributed by atoms with Crippen LogP contribution in [0.1, 0.15) is 30.9 Å². The number of amides is 2. The maximum Gasteiger partial charge on any atom is 0.326 e. The van der Waals surface area contributed by atoms with Crippen LogP contribution in [0.2, 0.25) is 0 Å². The van der Waals surface area contributed by atoms with Crippen molar-refractivity contribution >= 4 is 12.0 Å². The Hall–Kier alpha value is -2.24. The van der Waals surface area contributed by atoms with Crippen molar-refractivity contribution in [3.8, 4) is 5.75 Å². The molecule has 2 aliphatic rings. The van der Waals surface area contributed by atoms with Gasteiger partial charge in [-0.25, -0.2) is 9.59 Å². The van der Waals surface area contributed by atoms with E-state index >= 15 is 0 Å². The van der Waals surface area contributed by atoms with Gasteiger partial charge >= 0.3 is 12.0 Å². The Morgan fingerprint density at radius 3 is 2.90 bits per heavy atom. The van der Waals surface area contributed by atoms with Crippen LogP contribution >= 0.6 is 0 Å². The van der Waals surface area contributed by atoms with Gasteiger partial charge in [0.25, 0.3) is 0 Å². The maximum atomic E-state index is 12.4. The molecule has 0 radical (unpaired) electrons. The average molecular weight is 290 g/mol.